The normalized spacial score (nSPS) is 17.6. The Morgan fingerprint density at radius 2 is 2.29 bits per heavy atom. The molecule has 0 aliphatic heterocycles. The third-order valence-corrected chi connectivity index (χ3v) is 4.24. The Kier molecular flexibility index (Phi) is 6.20. The smallest absolute Gasteiger partial charge is 0.237 e. The van der Waals surface area contributed by atoms with Crippen molar-refractivity contribution in [2.75, 3.05) is 13.7 Å². The van der Waals surface area contributed by atoms with Crippen molar-refractivity contribution in [2.45, 2.75) is 51.2 Å². The molecule has 1 aromatic rings. The van der Waals surface area contributed by atoms with Crippen LogP contribution in [0.5, 0.6) is 0 Å². The number of nitrogens with zero attached hydrogens (tertiary/aromatic N) is 2. The zero-order chi connectivity index (χ0) is 15.1. The molecule has 1 aliphatic carbocycles. The van der Waals surface area contributed by atoms with Gasteiger partial charge in [-0.2, -0.15) is 0 Å². The quantitative estimate of drug-likeness (QED) is 0.787. The van der Waals surface area contributed by atoms with Crippen LogP contribution >= 0.6 is 0 Å². The SMILES string of the molecule is COCCn1cncc1CNC(=O)[C@@H](N)C1CCCCC1. The van der Waals surface area contributed by atoms with Gasteiger partial charge in [0.2, 0.25) is 5.91 Å². The second-order valence-electron chi connectivity index (χ2n) is 5.71. The first kappa shape index (κ1) is 16.0. The summed E-state index contributed by atoms with van der Waals surface area (Å²) in [5.74, 6) is 0.276. The van der Waals surface area contributed by atoms with Gasteiger partial charge >= 0.3 is 0 Å². The Labute approximate surface area is 126 Å². The molecule has 2 rings (SSSR count). The fourth-order valence-electron chi connectivity index (χ4n) is 2.89. The zero-order valence-corrected chi connectivity index (χ0v) is 12.8. The van der Waals surface area contributed by atoms with Crippen molar-refractivity contribution < 1.29 is 9.53 Å². The standard InChI is InChI=1S/C15H26N4O2/c1-21-8-7-19-11-17-9-13(19)10-18-15(20)14(16)12-5-3-2-4-6-12/h9,11-12,14H,2-8,10,16H2,1H3,(H,18,20)/t14-/m0/s1. The van der Waals surface area contributed by atoms with Gasteiger partial charge in [0.25, 0.3) is 0 Å². The number of hydrogen-bond donors (Lipinski definition) is 2. The molecule has 118 valence electrons. The molecule has 6 heteroatoms. The van der Waals surface area contributed by atoms with Crippen molar-refractivity contribution in [1.29, 1.82) is 0 Å². The van der Waals surface area contributed by atoms with Crippen molar-refractivity contribution in [3.8, 4) is 0 Å². The van der Waals surface area contributed by atoms with Gasteiger partial charge in [-0.05, 0) is 18.8 Å². The number of ether oxygens (including phenoxy) is 1. The van der Waals surface area contributed by atoms with Crippen LogP contribution in [-0.4, -0.2) is 35.2 Å². The van der Waals surface area contributed by atoms with Crippen LogP contribution in [0.4, 0.5) is 0 Å². The lowest BCUT2D eigenvalue weighted by Crippen LogP contribution is -2.46. The van der Waals surface area contributed by atoms with E-state index in [-0.39, 0.29) is 11.9 Å². The van der Waals surface area contributed by atoms with Gasteiger partial charge in [0.1, 0.15) is 0 Å². The molecule has 3 N–H and O–H groups in total. The Morgan fingerprint density at radius 1 is 1.52 bits per heavy atom. The highest BCUT2D eigenvalue weighted by Gasteiger charge is 2.25. The summed E-state index contributed by atoms with van der Waals surface area (Å²) >= 11 is 0. The Balaban J connectivity index is 1.81. The fraction of sp³-hybridized carbons (Fsp3) is 0.733. The molecule has 0 bridgehead atoms. The van der Waals surface area contributed by atoms with Crippen LogP contribution in [0.25, 0.3) is 0 Å². The van der Waals surface area contributed by atoms with Gasteiger partial charge in [-0.1, -0.05) is 19.3 Å². The third-order valence-electron chi connectivity index (χ3n) is 4.24. The molecule has 1 aliphatic rings. The van der Waals surface area contributed by atoms with E-state index in [2.05, 4.69) is 10.3 Å². The first-order valence-corrected chi connectivity index (χ1v) is 7.73. The molecule has 1 amide bonds. The average Bonchev–Trinajstić information content (AvgIpc) is 2.98. The van der Waals surface area contributed by atoms with E-state index < -0.39 is 0 Å². The maximum Gasteiger partial charge on any atom is 0.237 e. The monoisotopic (exact) mass is 294 g/mol. The highest BCUT2D eigenvalue weighted by Crippen LogP contribution is 2.25. The number of rotatable bonds is 7. The molecule has 1 atom stereocenters. The molecule has 21 heavy (non-hydrogen) atoms. The summed E-state index contributed by atoms with van der Waals surface area (Å²) in [6.07, 6.45) is 9.30. The van der Waals surface area contributed by atoms with Crippen LogP contribution in [0.2, 0.25) is 0 Å². The molecule has 0 spiro atoms. The molecule has 1 aromatic heterocycles. The van der Waals surface area contributed by atoms with E-state index in [1.54, 1.807) is 19.6 Å². The number of carbonyl (C=O) groups excluding carboxylic acids is 1. The Bertz CT molecular complexity index is 441. The van der Waals surface area contributed by atoms with Crippen LogP contribution in [0, 0.1) is 5.92 Å². The Hall–Kier alpha value is -1.40. The predicted molar refractivity (Wildman–Crippen MR) is 80.5 cm³/mol. The molecule has 0 radical (unpaired) electrons. The van der Waals surface area contributed by atoms with E-state index >= 15 is 0 Å². The van der Waals surface area contributed by atoms with Crippen LogP contribution in [0.15, 0.2) is 12.5 Å². The van der Waals surface area contributed by atoms with Gasteiger partial charge in [0, 0.05) is 19.9 Å². The van der Waals surface area contributed by atoms with Gasteiger partial charge in [0.05, 0.1) is 31.2 Å². The van der Waals surface area contributed by atoms with Gasteiger partial charge < -0.3 is 20.4 Å². The van der Waals surface area contributed by atoms with Crippen LogP contribution in [0.3, 0.4) is 0 Å². The average molecular weight is 294 g/mol. The minimum atomic E-state index is -0.388. The van der Waals surface area contributed by atoms with Crippen molar-refractivity contribution in [2.24, 2.45) is 11.7 Å². The minimum absolute atomic E-state index is 0.0543. The summed E-state index contributed by atoms with van der Waals surface area (Å²) < 4.78 is 7.04. The predicted octanol–water partition coefficient (Wildman–Crippen LogP) is 1.05. The summed E-state index contributed by atoms with van der Waals surface area (Å²) in [4.78, 5) is 16.3. The molecule has 6 nitrogen and oxygen atoms in total. The number of hydrogen-bond acceptors (Lipinski definition) is 4. The molecule has 1 fully saturated rings. The molecular formula is C15H26N4O2. The highest BCUT2D eigenvalue weighted by atomic mass is 16.5. The zero-order valence-electron chi connectivity index (χ0n) is 12.8. The number of imidazole rings is 1. The van der Waals surface area contributed by atoms with Gasteiger partial charge in [-0.3, -0.25) is 4.79 Å². The lowest BCUT2D eigenvalue weighted by molar-refractivity contribution is -0.124. The summed E-state index contributed by atoms with van der Waals surface area (Å²) in [6.45, 7) is 1.82. The van der Waals surface area contributed by atoms with E-state index in [0.717, 1.165) is 25.1 Å². The van der Waals surface area contributed by atoms with E-state index in [9.17, 15) is 4.79 Å². The number of nitrogens with two attached hydrogens (primary N) is 1. The van der Waals surface area contributed by atoms with Crippen molar-refractivity contribution >= 4 is 5.91 Å². The second kappa shape index (κ2) is 8.14. The molecule has 0 unspecified atom stereocenters. The van der Waals surface area contributed by atoms with E-state index in [4.69, 9.17) is 10.5 Å². The molecule has 0 saturated heterocycles. The molecular weight excluding hydrogens is 268 g/mol. The summed E-state index contributed by atoms with van der Waals surface area (Å²) in [5, 5.41) is 2.93. The number of aromatic nitrogens is 2. The lowest BCUT2D eigenvalue weighted by Gasteiger charge is -2.26. The minimum Gasteiger partial charge on any atom is -0.383 e. The van der Waals surface area contributed by atoms with Crippen LogP contribution in [-0.2, 0) is 22.6 Å². The third kappa shape index (κ3) is 4.54. The lowest BCUT2D eigenvalue weighted by atomic mass is 9.84. The van der Waals surface area contributed by atoms with E-state index in [1.165, 1.54) is 19.3 Å². The molecule has 0 aromatic carbocycles. The van der Waals surface area contributed by atoms with Crippen LogP contribution in [0.1, 0.15) is 37.8 Å². The van der Waals surface area contributed by atoms with E-state index in [0.29, 0.717) is 19.1 Å². The van der Waals surface area contributed by atoms with Crippen molar-refractivity contribution in [3.63, 3.8) is 0 Å². The number of amides is 1. The van der Waals surface area contributed by atoms with Crippen molar-refractivity contribution in [1.82, 2.24) is 14.9 Å². The van der Waals surface area contributed by atoms with Gasteiger partial charge in [-0.25, -0.2) is 4.98 Å². The maximum absolute atomic E-state index is 12.2. The summed E-state index contributed by atoms with van der Waals surface area (Å²) in [7, 11) is 1.67. The number of carbonyl (C=O) groups is 1. The molecule has 1 heterocycles. The second-order valence-corrected chi connectivity index (χ2v) is 5.71. The van der Waals surface area contributed by atoms with Gasteiger partial charge in [-0.15, -0.1) is 0 Å². The number of methoxy groups -OCH3 is 1. The molecule has 1 saturated carbocycles. The summed E-state index contributed by atoms with van der Waals surface area (Å²) in [6, 6.07) is -0.388. The highest BCUT2D eigenvalue weighted by molar-refractivity contribution is 5.81. The fourth-order valence-corrected chi connectivity index (χ4v) is 2.89. The number of nitrogens with one attached hydrogen (secondary N) is 1. The first-order valence-electron chi connectivity index (χ1n) is 7.73. The topological polar surface area (TPSA) is 82.2 Å². The van der Waals surface area contributed by atoms with Crippen molar-refractivity contribution in [3.05, 3.63) is 18.2 Å². The maximum atomic E-state index is 12.2. The van der Waals surface area contributed by atoms with E-state index in [1.807, 2.05) is 4.57 Å². The largest absolute Gasteiger partial charge is 0.383 e. The first-order chi connectivity index (χ1) is 10.2. The van der Waals surface area contributed by atoms with Crippen LogP contribution < -0.4 is 11.1 Å². The Morgan fingerprint density at radius 3 is 3.00 bits per heavy atom. The summed E-state index contributed by atoms with van der Waals surface area (Å²) in [5.41, 5.74) is 7.06. The van der Waals surface area contributed by atoms with Gasteiger partial charge in [0.15, 0.2) is 0 Å².